The highest BCUT2D eigenvalue weighted by Gasteiger charge is 2.19. The van der Waals surface area contributed by atoms with Crippen molar-refractivity contribution in [3.63, 3.8) is 0 Å². The zero-order valence-corrected chi connectivity index (χ0v) is 12.0. The molecule has 0 unspecified atom stereocenters. The predicted octanol–water partition coefficient (Wildman–Crippen LogP) is 1.20. The highest BCUT2D eigenvalue weighted by molar-refractivity contribution is 7.20. The summed E-state index contributed by atoms with van der Waals surface area (Å²) < 4.78 is 6.55. The Morgan fingerprint density at radius 3 is 2.81 bits per heavy atom. The van der Waals surface area contributed by atoms with Crippen LogP contribution in [0, 0.1) is 13.8 Å². The highest BCUT2D eigenvalue weighted by Crippen LogP contribution is 2.26. The number of nitrogens with zero attached hydrogens (tertiary/aromatic N) is 4. The van der Waals surface area contributed by atoms with E-state index in [2.05, 4.69) is 15.2 Å². The van der Waals surface area contributed by atoms with Gasteiger partial charge in [-0.1, -0.05) is 0 Å². The Morgan fingerprint density at radius 2 is 2.19 bits per heavy atom. The van der Waals surface area contributed by atoms with Gasteiger partial charge in [0.2, 0.25) is 11.8 Å². The molecule has 0 radical (unpaired) electrons. The van der Waals surface area contributed by atoms with Gasteiger partial charge in [-0.25, -0.2) is 9.78 Å². The summed E-state index contributed by atoms with van der Waals surface area (Å²) in [6, 6.07) is 0. The minimum atomic E-state index is -1.06. The molecule has 21 heavy (non-hydrogen) atoms. The number of aromatic carboxylic acids is 1. The van der Waals surface area contributed by atoms with Crippen LogP contribution in [0.3, 0.4) is 0 Å². The van der Waals surface area contributed by atoms with E-state index in [4.69, 9.17) is 9.52 Å². The first-order chi connectivity index (χ1) is 9.97. The standard InChI is InChI=1S/C12H10N4O4S/c1-5-8-10(21-9(5)12(18)19)13-4-16(11(8)17)3-7-15-14-6(2)20-7/h4H,3H2,1-2H3,(H,18,19). The minimum Gasteiger partial charge on any atom is -0.477 e. The molecular formula is C12H10N4O4S. The van der Waals surface area contributed by atoms with Crippen molar-refractivity contribution in [2.24, 2.45) is 0 Å². The molecule has 0 atom stereocenters. The molecule has 9 heteroatoms. The third-order valence-electron chi connectivity index (χ3n) is 2.99. The monoisotopic (exact) mass is 306 g/mol. The van der Waals surface area contributed by atoms with E-state index >= 15 is 0 Å². The zero-order chi connectivity index (χ0) is 15.1. The van der Waals surface area contributed by atoms with E-state index in [9.17, 15) is 9.59 Å². The lowest BCUT2D eigenvalue weighted by Gasteiger charge is -2.01. The number of carboxylic acids is 1. The van der Waals surface area contributed by atoms with Crippen LogP contribution in [0.15, 0.2) is 15.5 Å². The SMILES string of the molecule is Cc1nnc(Cn2cnc3sc(C(=O)O)c(C)c3c2=O)o1. The number of carbonyl (C=O) groups is 1. The van der Waals surface area contributed by atoms with Gasteiger partial charge in [0.1, 0.15) is 16.3 Å². The molecule has 8 nitrogen and oxygen atoms in total. The van der Waals surface area contributed by atoms with Crippen molar-refractivity contribution in [1.29, 1.82) is 0 Å². The molecule has 108 valence electrons. The molecule has 0 aliphatic heterocycles. The third kappa shape index (κ3) is 2.21. The molecule has 0 spiro atoms. The van der Waals surface area contributed by atoms with Gasteiger partial charge in [0.15, 0.2) is 0 Å². The second-order valence-corrected chi connectivity index (χ2v) is 5.43. The van der Waals surface area contributed by atoms with Crippen LogP contribution < -0.4 is 5.56 Å². The summed E-state index contributed by atoms with van der Waals surface area (Å²) in [5.74, 6) is -0.358. The summed E-state index contributed by atoms with van der Waals surface area (Å²) in [6.07, 6.45) is 1.35. The second-order valence-electron chi connectivity index (χ2n) is 4.43. The van der Waals surface area contributed by atoms with Crippen molar-refractivity contribution in [3.8, 4) is 0 Å². The van der Waals surface area contributed by atoms with Crippen LogP contribution >= 0.6 is 11.3 Å². The Bertz CT molecular complexity index is 908. The quantitative estimate of drug-likeness (QED) is 0.774. The summed E-state index contributed by atoms with van der Waals surface area (Å²) in [7, 11) is 0. The summed E-state index contributed by atoms with van der Waals surface area (Å²) in [5.41, 5.74) is 0.105. The second kappa shape index (κ2) is 4.77. The van der Waals surface area contributed by atoms with E-state index in [0.29, 0.717) is 27.6 Å². The van der Waals surface area contributed by atoms with Crippen LogP contribution in [0.2, 0.25) is 0 Å². The molecule has 3 rings (SSSR count). The van der Waals surface area contributed by atoms with Crippen LogP contribution in [-0.2, 0) is 6.54 Å². The Hall–Kier alpha value is -2.55. The zero-order valence-electron chi connectivity index (χ0n) is 11.2. The number of hydrogen-bond acceptors (Lipinski definition) is 7. The molecule has 0 fully saturated rings. The van der Waals surface area contributed by atoms with Gasteiger partial charge >= 0.3 is 5.97 Å². The molecule has 0 saturated carbocycles. The first kappa shape index (κ1) is 13.4. The van der Waals surface area contributed by atoms with E-state index in [1.165, 1.54) is 10.9 Å². The maximum Gasteiger partial charge on any atom is 0.346 e. The summed E-state index contributed by atoms with van der Waals surface area (Å²) >= 11 is 0.990. The van der Waals surface area contributed by atoms with E-state index in [1.54, 1.807) is 13.8 Å². The van der Waals surface area contributed by atoms with Crippen molar-refractivity contribution in [1.82, 2.24) is 19.7 Å². The van der Waals surface area contributed by atoms with Gasteiger partial charge < -0.3 is 9.52 Å². The molecule has 0 aliphatic carbocycles. The average Bonchev–Trinajstić information content (AvgIpc) is 2.97. The van der Waals surface area contributed by atoms with Crippen LogP contribution in [0.4, 0.5) is 0 Å². The number of rotatable bonds is 3. The Morgan fingerprint density at radius 1 is 1.43 bits per heavy atom. The fourth-order valence-corrected chi connectivity index (χ4v) is 3.00. The number of aryl methyl sites for hydroxylation is 2. The first-order valence-corrected chi connectivity index (χ1v) is 6.80. The van der Waals surface area contributed by atoms with Crippen LogP contribution in [-0.4, -0.2) is 30.8 Å². The molecule has 3 aromatic rings. The van der Waals surface area contributed by atoms with E-state index < -0.39 is 5.97 Å². The molecule has 1 N–H and O–H groups in total. The van der Waals surface area contributed by atoms with Crippen molar-refractivity contribution < 1.29 is 14.3 Å². The van der Waals surface area contributed by atoms with Crippen molar-refractivity contribution >= 4 is 27.5 Å². The smallest absolute Gasteiger partial charge is 0.346 e. The topological polar surface area (TPSA) is 111 Å². The molecule has 0 aromatic carbocycles. The fourth-order valence-electron chi connectivity index (χ4n) is 2.02. The predicted molar refractivity (Wildman–Crippen MR) is 73.7 cm³/mol. The molecule has 3 aromatic heterocycles. The third-order valence-corrected chi connectivity index (χ3v) is 4.17. The van der Waals surface area contributed by atoms with Gasteiger partial charge in [0.05, 0.1) is 11.7 Å². The van der Waals surface area contributed by atoms with E-state index in [1.807, 2.05) is 0 Å². The van der Waals surface area contributed by atoms with Gasteiger partial charge in [-0.05, 0) is 12.5 Å². The Balaban J connectivity index is 2.13. The maximum atomic E-state index is 12.4. The molecule has 0 saturated heterocycles. The van der Waals surface area contributed by atoms with E-state index in [-0.39, 0.29) is 17.0 Å². The molecule has 0 amide bonds. The lowest BCUT2D eigenvalue weighted by Crippen LogP contribution is -2.21. The van der Waals surface area contributed by atoms with Gasteiger partial charge in [0, 0.05) is 6.92 Å². The van der Waals surface area contributed by atoms with Crippen molar-refractivity contribution in [3.05, 3.63) is 38.9 Å². The lowest BCUT2D eigenvalue weighted by atomic mass is 10.2. The summed E-state index contributed by atoms with van der Waals surface area (Å²) in [6.45, 7) is 3.36. The Labute approximate surface area is 121 Å². The first-order valence-electron chi connectivity index (χ1n) is 5.98. The fraction of sp³-hybridized carbons (Fsp3) is 0.250. The molecular weight excluding hydrogens is 296 g/mol. The van der Waals surface area contributed by atoms with Crippen LogP contribution in [0.1, 0.15) is 27.0 Å². The van der Waals surface area contributed by atoms with E-state index in [0.717, 1.165) is 11.3 Å². The molecule has 0 aliphatic rings. The maximum absolute atomic E-state index is 12.4. The molecule has 3 heterocycles. The number of fused-ring (bicyclic) bond motifs is 1. The Kier molecular flexibility index (Phi) is 3.05. The summed E-state index contributed by atoms with van der Waals surface area (Å²) in [5, 5.41) is 16.9. The lowest BCUT2D eigenvalue weighted by molar-refractivity contribution is 0.0701. The van der Waals surface area contributed by atoms with Crippen LogP contribution in [0.5, 0.6) is 0 Å². The van der Waals surface area contributed by atoms with Crippen LogP contribution in [0.25, 0.3) is 10.2 Å². The van der Waals surface area contributed by atoms with Gasteiger partial charge in [-0.15, -0.1) is 21.5 Å². The normalized spacial score (nSPS) is 11.1. The number of aromatic nitrogens is 4. The van der Waals surface area contributed by atoms with Gasteiger partial charge in [0.25, 0.3) is 5.56 Å². The van der Waals surface area contributed by atoms with Gasteiger partial charge in [-0.3, -0.25) is 9.36 Å². The highest BCUT2D eigenvalue weighted by atomic mass is 32.1. The van der Waals surface area contributed by atoms with Crippen molar-refractivity contribution in [2.45, 2.75) is 20.4 Å². The van der Waals surface area contributed by atoms with Crippen molar-refractivity contribution in [2.75, 3.05) is 0 Å². The summed E-state index contributed by atoms with van der Waals surface area (Å²) in [4.78, 5) is 28.2. The number of hydrogen-bond donors (Lipinski definition) is 1. The number of carboxylic acid groups (broad SMARTS) is 1. The van der Waals surface area contributed by atoms with Gasteiger partial charge in [-0.2, -0.15) is 0 Å². The molecule has 0 bridgehead atoms. The average molecular weight is 306 g/mol. The minimum absolute atomic E-state index is 0.0975. The number of thiophene rings is 1. The largest absolute Gasteiger partial charge is 0.477 e.